The van der Waals surface area contributed by atoms with E-state index in [1.54, 1.807) is 0 Å². The molecule has 19 heavy (non-hydrogen) atoms. The van der Waals surface area contributed by atoms with Crippen LogP contribution < -0.4 is 5.32 Å². The Morgan fingerprint density at radius 2 is 1.79 bits per heavy atom. The van der Waals surface area contributed by atoms with Crippen LogP contribution in [-0.4, -0.2) is 16.7 Å². The van der Waals surface area contributed by atoms with Crippen LogP contribution in [0.25, 0.3) is 0 Å². The van der Waals surface area contributed by atoms with Crippen LogP contribution in [-0.2, 0) is 0 Å². The summed E-state index contributed by atoms with van der Waals surface area (Å²) in [5, 5.41) is 12.0. The molecule has 0 spiro atoms. The highest BCUT2D eigenvalue weighted by Gasteiger charge is 2.13. The van der Waals surface area contributed by atoms with Gasteiger partial charge in [-0.25, -0.2) is 0 Å². The second kappa shape index (κ2) is 9.03. The largest absolute Gasteiger partial charge is 0.310 e. The van der Waals surface area contributed by atoms with Crippen molar-refractivity contribution in [1.29, 1.82) is 0 Å². The van der Waals surface area contributed by atoms with Crippen molar-refractivity contribution in [2.45, 2.75) is 72.3 Å². The molecule has 0 bridgehead atoms. The lowest BCUT2D eigenvalue weighted by molar-refractivity contribution is 0.474. The van der Waals surface area contributed by atoms with Crippen molar-refractivity contribution in [2.75, 3.05) is 6.54 Å². The first kappa shape index (κ1) is 16.1. The summed E-state index contributed by atoms with van der Waals surface area (Å²) in [6.45, 7) is 9.50. The zero-order chi connectivity index (χ0) is 14.1. The van der Waals surface area contributed by atoms with Crippen molar-refractivity contribution in [2.24, 2.45) is 0 Å². The van der Waals surface area contributed by atoms with Crippen molar-refractivity contribution in [3.05, 3.63) is 23.0 Å². The first-order valence-electron chi connectivity index (χ1n) is 7.73. The maximum Gasteiger partial charge on any atom is 0.0648 e. The van der Waals surface area contributed by atoms with Gasteiger partial charge in [-0.1, -0.05) is 46.0 Å². The van der Waals surface area contributed by atoms with Gasteiger partial charge in [0.25, 0.3) is 0 Å². The number of aromatic nitrogens is 2. The van der Waals surface area contributed by atoms with E-state index in [1.165, 1.54) is 44.1 Å². The smallest absolute Gasteiger partial charge is 0.0648 e. The van der Waals surface area contributed by atoms with Gasteiger partial charge in [-0.2, -0.15) is 10.2 Å². The lowest BCUT2D eigenvalue weighted by Gasteiger charge is -2.20. The quantitative estimate of drug-likeness (QED) is 0.681. The van der Waals surface area contributed by atoms with Gasteiger partial charge in [0.2, 0.25) is 0 Å². The van der Waals surface area contributed by atoms with E-state index in [-0.39, 0.29) is 0 Å². The second-order valence-electron chi connectivity index (χ2n) is 5.34. The van der Waals surface area contributed by atoms with Gasteiger partial charge in [-0.3, -0.25) is 0 Å². The number of hydrogen-bond donors (Lipinski definition) is 1. The monoisotopic (exact) mass is 263 g/mol. The number of hydrogen-bond acceptors (Lipinski definition) is 3. The number of nitrogens with zero attached hydrogens (tertiary/aromatic N) is 2. The summed E-state index contributed by atoms with van der Waals surface area (Å²) in [4.78, 5) is 0. The minimum Gasteiger partial charge on any atom is -0.310 e. The molecule has 0 aliphatic heterocycles. The Bertz CT molecular complexity index is 363. The van der Waals surface area contributed by atoms with E-state index >= 15 is 0 Å². The third-order valence-corrected chi connectivity index (χ3v) is 3.56. The first-order chi connectivity index (χ1) is 9.19. The number of nitrogens with one attached hydrogen (secondary N) is 1. The van der Waals surface area contributed by atoms with Gasteiger partial charge >= 0.3 is 0 Å². The van der Waals surface area contributed by atoms with Gasteiger partial charge in [0.1, 0.15) is 0 Å². The predicted octanol–water partition coefficient (Wildman–Crippen LogP) is 4.10. The number of aryl methyl sites for hydroxylation is 2. The highest BCUT2D eigenvalue weighted by Crippen LogP contribution is 2.22. The average Bonchev–Trinajstić information content (AvgIpc) is 2.40. The molecule has 1 N–H and O–H groups in total. The van der Waals surface area contributed by atoms with Crippen molar-refractivity contribution in [3.63, 3.8) is 0 Å². The van der Waals surface area contributed by atoms with Crippen molar-refractivity contribution in [3.8, 4) is 0 Å². The Labute approximate surface area is 118 Å². The molecule has 1 unspecified atom stereocenters. The normalized spacial score (nSPS) is 12.6. The molecule has 0 radical (unpaired) electrons. The molecule has 3 nitrogen and oxygen atoms in total. The highest BCUT2D eigenvalue weighted by atomic mass is 15.1. The summed E-state index contributed by atoms with van der Waals surface area (Å²) in [7, 11) is 0. The van der Waals surface area contributed by atoms with E-state index in [9.17, 15) is 0 Å². The zero-order valence-electron chi connectivity index (χ0n) is 13.0. The van der Waals surface area contributed by atoms with E-state index in [0.717, 1.165) is 17.9 Å². The predicted molar refractivity (Wildman–Crippen MR) is 81.3 cm³/mol. The molecule has 1 heterocycles. The van der Waals surface area contributed by atoms with E-state index < -0.39 is 0 Å². The maximum absolute atomic E-state index is 4.25. The van der Waals surface area contributed by atoms with Crippen LogP contribution in [0.4, 0.5) is 0 Å². The fraction of sp³-hybridized carbons (Fsp3) is 0.750. The third kappa shape index (κ3) is 5.68. The van der Waals surface area contributed by atoms with Crippen LogP contribution in [0.15, 0.2) is 6.07 Å². The Morgan fingerprint density at radius 3 is 2.47 bits per heavy atom. The number of unbranched alkanes of at least 4 members (excludes halogenated alkanes) is 4. The summed E-state index contributed by atoms with van der Waals surface area (Å²) in [6.07, 6.45) is 7.86. The fourth-order valence-electron chi connectivity index (χ4n) is 2.49. The first-order valence-corrected chi connectivity index (χ1v) is 7.73. The summed E-state index contributed by atoms with van der Waals surface area (Å²) in [6, 6.07) is 2.61. The van der Waals surface area contributed by atoms with E-state index in [0.29, 0.717) is 6.04 Å². The molecular formula is C16H29N3. The molecule has 1 aromatic heterocycles. The molecule has 0 fully saturated rings. The molecule has 0 saturated carbocycles. The molecule has 1 aromatic rings. The van der Waals surface area contributed by atoms with Gasteiger partial charge in [0.05, 0.1) is 11.4 Å². The van der Waals surface area contributed by atoms with E-state index in [1.807, 2.05) is 6.92 Å². The molecule has 0 aromatic carbocycles. The van der Waals surface area contributed by atoms with Gasteiger partial charge in [-0.05, 0) is 38.4 Å². The van der Waals surface area contributed by atoms with Crippen molar-refractivity contribution < 1.29 is 0 Å². The molecule has 3 heteroatoms. The van der Waals surface area contributed by atoms with E-state index in [4.69, 9.17) is 0 Å². The Balaban J connectivity index is 2.58. The Morgan fingerprint density at radius 1 is 1.05 bits per heavy atom. The highest BCUT2D eigenvalue weighted by molar-refractivity contribution is 5.23. The summed E-state index contributed by atoms with van der Waals surface area (Å²) >= 11 is 0. The second-order valence-corrected chi connectivity index (χ2v) is 5.34. The summed E-state index contributed by atoms with van der Waals surface area (Å²) in [5.74, 6) is 0. The SMILES string of the molecule is CCCCCCCC(NCC)c1cc(C)nnc1C. The molecule has 1 rings (SSSR count). The lowest BCUT2D eigenvalue weighted by atomic mass is 9.98. The Hall–Kier alpha value is -0.960. The molecular weight excluding hydrogens is 234 g/mol. The average molecular weight is 263 g/mol. The third-order valence-electron chi connectivity index (χ3n) is 3.56. The number of rotatable bonds is 9. The standard InChI is InChI=1S/C16H29N3/c1-5-7-8-9-10-11-16(17-6-2)15-12-13(3)18-19-14(15)4/h12,16-17H,5-11H2,1-4H3. The van der Waals surface area contributed by atoms with E-state index in [2.05, 4.69) is 42.4 Å². The minimum atomic E-state index is 0.431. The van der Waals surface area contributed by atoms with Gasteiger partial charge in [0, 0.05) is 6.04 Å². The van der Waals surface area contributed by atoms with Gasteiger partial charge in [0.15, 0.2) is 0 Å². The lowest BCUT2D eigenvalue weighted by Crippen LogP contribution is -2.22. The minimum absolute atomic E-state index is 0.431. The van der Waals surface area contributed by atoms with Crippen LogP contribution in [0, 0.1) is 13.8 Å². The van der Waals surface area contributed by atoms with Crippen LogP contribution in [0.1, 0.15) is 75.4 Å². The summed E-state index contributed by atoms with van der Waals surface area (Å²) < 4.78 is 0. The molecule has 0 aliphatic rings. The Kier molecular flexibility index (Phi) is 7.65. The van der Waals surface area contributed by atoms with Gasteiger partial charge in [-0.15, -0.1) is 0 Å². The van der Waals surface area contributed by atoms with Crippen LogP contribution in [0.2, 0.25) is 0 Å². The fourth-order valence-corrected chi connectivity index (χ4v) is 2.49. The molecule has 0 aliphatic carbocycles. The van der Waals surface area contributed by atoms with Crippen molar-refractivity contribution >= 4 is 0 Å². The molecule has 1 atom stereocenters. The van der Waals surface area contributed by atoms with Gasteiger partial charge < -0.3 is 5.32 Å². The molecule has 0 saturated heterocycles. The van der Waals surface area contributed by atoms with Crippen LogP contribution >= 0.6 is 0 Å². The summed E-state index contributed by atoms with van der Waals surface area (Å²) in [5.41, 5.74) is 3.39. The van der Waals surface area contributed by atoms with Crippen LogP contribution in [0.3, 0.4) is 0 Å². The van der Waals surface area contributed by atoms with Crippen molar-refractivity contribution in [1.82, 2.24) is 15.5 Å². The van der Waals surface area contributed by atoms with Crippen LogP contribution in [0.5, 0.6) is 0 Å². The molecule has 0 amide bonds. The maximum atomic E-state index is 4.25. The topological polar surface area (TPSA) is 37.8 Å². The molecule has 108 valence electrons. The zero-order valence-corrected chi connectivity index (χ0v) is 13.0.